The number of hydrogen-bond donors (Lipinski definition) is 2. The predicted octanol–water partition coefficient (Wildman–Crippen LogP) is 5.07. The van der Waals surface area contributed by atoms with Gasteiger partial charge in [0, 0.05) is 17.7 Å². The first kappa shape index (κ1) is 21.4. The Morgan fingerprint density at radius 2 is 1.70 bits per heavy atom. The molecule has 1 fully saturated rings. The van der Waals surface area contributed by atoms with Crippen molar-refractivity contribution in [1.29, 1.82) is 0 Å². The first-order valence-electron chi connectivity index (χ1n) is 9.53. The topological polar surface area (TPSA) is 55.1 Å². The van der Waals surface area contributed by atoms with Crippen LogP contribution in [0.15, 0.2) is 42.5 Å². The average molecular weight is 391 g/mol. The number of halogens is 2. The highest BCUT2D eigenvalue weighted by molar-refractivity contribution is 5.93. The van der Waals surface area contributed by atoms with Crippen molar-refractivity contribution in [2.45, 2.75) is 45.1 Å². The molecule has 0 saturated heterocycles. The largest absolute Gasteiger partial charge is 0.366 e. The van der Waals surface area contributed by atoms with Gasteiger partial charge in [-0.1, -0.05) is 50.3 Å². The zero-order chi connectivity index (χ0) is 18.4. The Morgan fingerprint density at radius 3 is 2.37 bits per heavy atom. The fourth-order valence-corrected chi connectivity index (χ4v) is 3.72. The van der Waals surface area contributed by atoms with Crippen LogP contribution in [0.2, 0.25) is 0 Å². The number of nitrogens with one attached hydrogen (secondary N) is 1. The van der Waals surface area contributed by atoms with Crippen molar-refractivity contribution in [2.24, 2.45) is 11.7 Å². The van der Waals surface area contributed by atoms with Gasteiger partial charge in [-0.05, 0) is 54.3 Å². The van der Waals surface area contributed by atoms with Gasteiger partial charge in [-0.25, -0.2) is 4.39 Å². The Kier molecular flexibility index (Phi) is 8.26. The first-order chi connectivity index (χ1) is 12.6. The van der Waals surface area contributed by atoms with E-state index in [4.69, 9.17) is 5.73 Å². The SMILES string of the molecule is Cl.NC(=O)c1ccc(-c2ccc(F)c(CNCCC3CCCCC3)c2)cc1. The lowest BCUT2D eigenvalue weighted by molar-refractivity contribution is 0.100. The summed E-state index contributed by atoms with van der Waals surface area (Å²) in [5.41, 5.74) is 8.30. The summed E-state index contributed by atoms with van der Waals surface area (Å²) in [5.74, 6) is 0.197. The summed E-state index contributed by atoms with van der Waals surface area (Å²) in [4.78, 5) is 11.2. The molecular weight excluding hydrogens is 363 g/mol. The quantitative estimate of drug-likeness (QED) is 0.648. The summed E-state index contributed by atoms with van der Waals surface area (Å²) in [7, 11) is 0. The van der Waals surface area contributed by atoms with Crippen molar-refractivity contribution in [3.63, 3.8) is 0 Å². The molecule has 0 radical (unpaired) electrons. The van der Waals surface area contributed by atoms with Gasteiger partial charge >= 0.3 is 0 Å². The molecule has 1 aliphatic carbocycles. The minimum Gasteiger partial charge on any atom is -0.366 e. The molecule has 3 N–H and O–H groups in total. The Labute approximate surface area is 167 Å². The van der Waals surface area contributed by atoms with E-state index in [-0.39, 0.29) is 18.2 Å². The molecule has 2 aromatic rings. The van der Waals surface area contributed by atoms with Gasteiger partial charge in [0.1, 0.15) is 5.82 Å². The van der Waals surface area contributed by atoms with Crippen LogP contribution < -0.4 is 11.1 Å². The fraction of sp³-hybridized carbons (Fsp3) is 0.409. The van der Waals surface area contributed by atoms with Crippen LogP contribution in [0.5, 0.6) is 0 Å². The van der Waals surface area contributed by atoms with Crippen LogP contribution in [0.25, 0.3) is 11.1 Å². The Hall–Kier alpha value is -1.91. The third-order valence-corrected chi connectivity index (χ3v) is 5.32. The van der Waals surface area contributed by atoms with Crippen LogP contribution in [-0.2, 0) is 6.54 Å². The normalized spacial score (nSPS) is 14.6. The molecule has 5 heteroatoms. The lowest BCUT2D eigenvalue weighted by Gasteiger charge is -2.21. The van der Waals surface area contributed by atoms with Crippen LogP contribution in [0.1, 0.15) is 54.4 Å². The van der Waals surface area contributed by atoms with Gasteiger partial charge in [0.15, 0.2) is 0 Å². The van der Waals surface area contributed by atoms with Gasteiger partial charge < -0.3 is 11.1 Å². The van der Waals surface area contributed by atoms with E-state index in [0.29, 0.717) is 17.7 Å². The maximum atomic E-state index is 14.1. The highest BCUT2D eigenvalue weighted by Crippen LogP contribution is 2.26. The minimum atomic E-state index is -0.446. The molecule has 3 rings (SSSR count). The van der Waals surface area contributed by atoms with Gasteiger partial charge in [-0.2, -0.15) is 0 Å². The molecule has 0 heterocycles. The van der Waals surface area contributed by atoms with Gasteiger partial charge in [-0.15, -0.1) is 12.4 Å². The van der Waals surface area contributed by atoms with Crippen molar-refractivity contribution < 1.29 is 9.18 Å². The molecule has 2 aromatic carbocycles. The van der Waals surface area contributed by atoms with E-state index in [1.165, 1.54) is 44.6 Å². The number of nitrogens with two attached hydrogens (primary N) is 1. The summed E-state index contributed by atoms with van der Waals surface area (Å²) >= 11 is 0. The van der Waals surface area contributed by atoms with Gasteiger partial charge in [0.05, 0.1) is 0 Å². The molecule has 0 aliphatic heterocycles. The molecule has 0 aromatic heterocycles. The van der Waals surface area contributed by atoms with Crippen LogP contribution >= 0.6 is 12.4 Å². The zero-order valence-corrected chi connectivity index (χ0v) is 16.4. The summed E-state index contributed by atoms with van der Waals surface area (Å²) in [6.07, 6.45) is 7.95. The Morgan fingerprint density at radius 1 is 1.04 bits per heavy atom. The summed E-state index contributed by atoms with van der Waals surface area (Å²) in [5, 5.41) is 3.39. The molecule has 27 heavy (non-hydrogen) atoms. The maximum Gasteiger partial charge on any atom is 0.248 e. The van der Waals surface area contributed by atoms with Crippen molar-refractivity contribution >= 4 is 18.3 Å². The van der Waals surface area contributed by atoms with Crippen molar-refractivity contribution in [3.8, 4) is 11.1 Å². The van der Waals surface area contributed by atoms with Crippen molar-refractivity contribution in [2.75, 3.05) is 6.54 Å². The van der Waals surface area contributed by atoms with Crippen molar-refractivity contribution in [1.82, 2.24) is 5.32 Å². The number of rotatable bonds is 7. The number of benzene rings is 2. The highest BCUT2D eigenvalue weighted by Gasteiger charge is 2.13. The molecule has 3 nitrogen and oxygen atoms in total. The maximum absolute atomic E-state index is 14.1. The van der Waals surface area contributed by atoms with E-state index in [0.717, 1.165) is 23.6 Å². The predicted molar refractivity (Wildman–Crippen MR) is 111 cm³/mol. The molecule has 0 unspecified atom stereocenters. The standard InChI is InChI=1S/C22H27FN2O.ClH/c23-21-11-10-19(17-6-8-18(9-7-17)22(24)26)14-20(21)15-25-13-12-16-4-2-1-3-5-16;/h6-11,14,16,25H,1-5,12-13,15H2,(H2,24,26);1H. The molecule has 1 saturated carbocycles. The number of primary amides is 1. The molecule has 0 spiro atoms. The third-order valence-electron chi connectivity index (χ3n) is 5.32. The molecule has 1 aliphatic rings. The Bertz CT molecular complexity index is 742. The highest BCUT2D eigenvalue weighted by atomic mass is 35.5. The zero-order valence-electron chi connectivity index (χ0n) is 15.5. The van der Waals surface area contributed by atoms with Crippen LogP contribution in [0.3, 0.4) is 0 Å². The first-order valence-corrected chi connectivity index (χ1v) is 9.53. The van der Waals surface area contributed by atoms with E-state index >= 15 is 0 Å². The van der Waals surface area contributed by atoms with E-state index in [9.17, 15) is 9.18 Å². The van der Waals surface area contributed by atoms with E-state index < -0.39 is 5.91 Å². The van der Waals surface area contributed by atoms with Gasteiger partial charge in [0.25, 0.3) is 0 Å². The van der Waals surface area contributed by atoms with E-state index in [1.807, 2.05) is 18.2 Å². The summed E-state index contributed by atoms with van der Waals surface area (Å²) < 4.78 is 14.1. The third kappa shape index (κ3) is 6.05. The van der Waals surface area contributed by atoms with Gasteiger partial charge in [-0.3, -0.25) is 4.79 Å². The Balaban J connectivity index is 0.00000261. The lowest BCUT2D eigenvalue weighted by atomic mass is 9.87. The number of carbonyl (C=O) groups is 1. The summed E-state index contributed by atoms with van der Waals surface area (Å²) in [6.45, 7) is 1.47. The van der Waals surface area contributed by atoms with Crippen LogP contribution in [-0.4, -0.2) is 12.5 Å². The molecular formula is C22H28ClFN2O. The molecule has 1 amide bonds. The van der Waals surface area contributed by atoms with Gasteiger partial charge in [0.2, 0.25) is 5.91 Å². The molecule has 0 bridgehead atoms. The summed E-state index contributed by atoms with van der Waals surface area (Å²) in [6, 6.07) is 12.2. The minimum absolute atomic E-state index is 0. The average Bonchev–Trinajstić information content (AvgIpc) is 2.67. The smallest absolute Gasteiger partial charge is 0.248 e. The lowest BCUT2D eigenvalue weighted by Crippen LogP contribution is -2.19. The van der Waals surface area contributed by atoms with E-state index in [2.05, 4.69) is 5.32 Å². The second kappa shape index (κ2) is 10.4. The fourth-order valence-electron chi connectivity index (χ4n) is 3.72. The molecule has 146 valence electrons. The second-order valence-electron chi connectivity index (χ2n) is 7.22. The number of amides is 1. The second-order valence-corrected chi connectivity index (χ2v) is 7.22. The number of hydrogen-bond acceptors (Lipinski definition) is 2. The van der Waals surface area contributed by atoms with E-state index in [1.54, 1.807) is 18.2 Å². The number of carbonyl (C=O) groups excluding carboxylic acids is 1. The van der Waals surface area contributed by atoms with Crippen LogP contribution in [0, 0.1) is 11.7 Å². The van der Waals surface area contributed by atoms with Crippen LogP contribution in [0.4, 0.5) is 4.39 Å². The monoisotopic (exact) mass is 390 g/mol. The molecule has 0 atom stereocenters. The van der Waals surface area contributed by atoms with Crippen molar-refractivity contribution in [3.05, 3.63) is 59.4 Å².